The van der Waals surface area contributed by atoms with Crippen LogP contribution in [0.15, 0.2) is 41.7 Å². The van der Waals surface area contributed by atoms with Crippen LogP contribution >= 0.6 is 0 Å². The molecule has 1 atom stereocenters. The molecule has 0 aliphatic carbocycles. The fourth-order valence-corrected chi connectivity index (χ4v) is 3.70. The molecule has 3 aromatic rings. The van der Waals surface area contributed by atoms with E-state index < -0.39 is 41.4 Å². The number of H-pyrrole nitrogens is 1. The number of nitrogens with one attached hydrogen (secondary N) is 2. The first-order chi connectivity index (χ1) is 14.5. The predicted molar refractivity (Wildman–Crippen MR) is 102 cm³/mol. The summed E-state index contributed by atoms with van der Waals surface area (Å²) in [5.74, 6) is -2.48. The summed E-state index contributed by atoms with van der Waals surface area (Å²) in [7, 11) is -4.16. The summed E-state index contributed by atoms with van der Waals surface area (Å²) in [6, 6.07) is 6.45. The fraction of sp³-hybridized carbons (Fsp3) is 0.278. The summed E-state index contributed by atoms with van der Waals surface area (Å²) in [6.07, 6.45) is -3.92. The van der Waals surface area contributed by atoms with Crippen LogP contribution in [-0.4, -0.2) is 59.9 Å². The minimum Gasteiger partial charge on any atom is -0.456 e. The maximum absolute atomic E-state index is 12.3. The first-order valence-corrected chi connectivity index (χ1v) is 10.3. The number of aliphatic hydroxyl groups excluding tert-OH is 1. The topological polar surface area (TPSA) is 134 Å². The van der Waals surface area contributed by atoms with E-state index in [4.69, 9.17) is 0 Å². The number of aromatic amines is 1. The van der Waals surface area contributed by atoms with Crippen molar-refractivity contribution in [2.24, 2.45) is 0 Å². The van der Waals surface area contributed by atoms with Crippen LogP contribution in [0.5, 0.6) is 0 Å². The molecular weight excluding hydrogens is 441 g/mol. The highest BCUT2D eigenvalue weighted by atomic mass is 32.2. The molecule has 0 bridgehead atoms. The molecule has 3 heterocycles. The van der Waals surface area contributed by atoms with Crippen LogP contribution in [0.25, 0.3) is 22.2 Å². The number of aryl methyl sites for hydroxylation is 1. The van der Waals surface area contributed by atoms with Gasteiger partial charge in [-0.15, -0.1) is 0 Å². The van der Waals surface area contributed by atoms with Gasteiger partial charge in [-0.3, -0.25) is 0 Å². The summed E-state index contributed by atoms with van der Waals surface area (Å²) in [5, 5.41) is 10.1. The number of fused-ring (bicyclic) bond motifs is 1. The van der Waals surface area contributed by atoms with Gasteiger partial charge < -0.3 is 14.8 Å². The van der Waals surface area contributed by atoms with Crippen molar-refractivity contribution >= 4 is 27.0 Å². The minimum absolute atomic E-state index is 0.355. The second kappa shape index (κ2) is 8.61. The molecule has 0 aromatic carbocycles. The highest BCUT2D eigenvalue weighted by molar-refractivity contribution is 7.89. The van der Waals surface area contributed by atoms with Crippen molar-refractivity contribution < 1.29 is 36.2 Å². The molecule has 1 unspecified atom stereocenters. The molecule has 0 aliphatic heterocycles. The third kappa shape index (κ3) is 5.37. The Kier molecular flexibility index (Phi) is 6.29. The van der Waals surface area contributed by atoms with E-state index >= 15 is 0 Å². The van der Waals surface area contributed by atoms with E-state index in [0.29, 0.717) is 11.2 Å². The number of halogens is 3. The maximum Gasteiger partial charge on any atom is 0.490 e. The summed E-state index contributed by atoms with van der Waals surface area (Å²) in [4.78, 5) is 21.9. The molecule has 9 nitrogen and oxygen atoms in total. The Hall–Kier alpha value is -3.03. The number of ether oxygens (including phenoxy) is 1. The van der Waals surface area contributed by atoms with E-state index in [2.05, 4.69) is 19.7 Å². The van der Waals surface area contributed by atoms with Gasteiger partial charge in [0, 0.05) is 35.6 Å². The molecule has 0 radical (unpaired) electrons. The number of esters is 1. The van der Waals surface area contributed by atoms with E-state index in [9.17, 15) is 31.5 Å². The number of rotatable bonds is 7. The lowest BCUT2D eigenvalue weighted by atomic mass is 10.1. The minimum atomic E-state index is -5.20. The van der Waals surface area contributed by atoms with Crippen LogP contribution in [0.2, 0.25) is 0 Å². The SMILES string of the molecule is Cc1cc2c(-c3ccc(S(=O)(=O)NCC(O)COC(=O)C(F)(F)F)nc3)ccnc2[nH]1. The molecule has 0 aliphatic rings. The zero-order valence-corrected chi connectivity index (χ0v) is 16.8. The Bertz CT molecular complexity index is 1190. The molecule has 31 heavy (non-hydrogen) atoms. The van der Waals surface area contributed by atoms with Gasteiger partial charge in [0.15, 0.2) is 5.03 Å². The van der Waals surface area contributed by atoms with Crippen LogP contribution in [-0.2, 0) is 19.6 Å². The number of hydrogen-bond donors (Lipinski definition) is 3. The number of carbonyl (C=O) groups is 1. The van der Waals surface area contributed by atoms with Gasteiger partial charge in [0.2, 0.25) is 0 Å². The number of alkyl halides is 3. The molecule has 3 N–H and O–H groups in total. The van der Waals surface area contributed by atoms with Crippen LogP contribution < -0.4 is 4.72 Å². The highest BCUT2D eigenvalue weighted by Crippen LogP contribution is 2.28. The van der Waals surface area contributed by atoms with Gasteiger partial charge in [0.25, 0.3) is 10.0 Å². The second-order valence-electron chi connectivity index (χ2n) is 6.56. The Balaban J connectivity index is 1.66. The Morgan fingerprint density at radius 3 is 2.68 bits per heavy atom. The number of aromatic nitrogens is 3. The van der Waals surface area contributed by atoms with Crippen molar-refractivity contribution in [1.29, 1.82) is 0 Å². The Labute approximate surface area is 174 Å². The molecule has 0 saturated carbocycles. The summed E-state index contributed by atoms with van der Waals surface area (Å²) >= 11 is 0. The largest absolute Gasteiger partial charge is 0.490 e. The van der Waals surface area contributed by atoms with Crippen molar-refractivity contribution in [3.05, 3.63) is 42.4 Å². The van der Waals surface area contributed by atoms with Gasteiger partial charge in [-0.1, -0.05) is 0 Å². The van der Waals surface area contributed by atoms with Gasteiger partial charge in [-0.05, 0) is 36.8 Å². The van der Waals surface area contributed by atoms with Crippen molar-refractivity contribution in [2.75, 3.05) is 13.2 Å². The molecule has 0 saturated heterocycles. The summed E-state index contributed by atoms with van der Waals surface area (Å²) in [5.41, 5.74) is 3.02. The zero-order valence-electron chi connectivity index (χ0n) is 16.0. The quantitative estimate of drug-likeness (QED) is 0.459. The molecule has 13 heteroatoms. The second-order valence-corrected chi connectivity index (χ2v) is 8.27. The van der Waals surface area contributed by atoms with E-state index in [0.717, 1.165) is 16.6 Å². The molecule has 0 spiro atoms. The van der Waals surface area contributed by atoms with Crippen LogP contribution in [0.4, 0.5) is 13.2 Å². The average molecular weight is 458 g/mol. The lowest BCUT2D eigenvalue weighted by Crippen LogP contribution is -2.37. The van der Waals surface area contributed by atoms with Crippen LogP contribution in [0.1, 0.15) is 5.69 Å². The monoisotopic (exact) mass is 458 g/mol. The third-order valence-electron chi connectivity index (χ3n) is 4.14. The number of carbonyl (C=O) groups excluding carboxylic acids is 1. The van der Waals surface area contributed by atoms with Gasteiger partial charge >= 0.3 is 12.1 Å². The third-order valence-corrected chi connectivity index (χ3v) is 5.48. The summed E-state index contributed by atoms with van der Waals surface area (Å²) < 4.78 is 66.7. The zero-order chi connectivity index (χ0) is 22.8. The van der Waals surface area contributed by atoms with E-state index in [1.54, 1.807) is 18.3 Å². The van der Waals surface area contributed by atoms with Crippen LogP contribution in [0.3, 0.4) is 0 Å². The van der Waals surface area contributed by atoms with Crippen molar-refractivity contribution in [2.45, 2.75) is 24.2 Å². The highest BCUT2D eigenvalue weighted by Gasteiger charge is 2.41. The summed E-state index contributed by atoms with van der Waals surface area (Å²) in [6.45, 7) is 0.176. The number of nitrogens with zero attached hydrogens (tertiary/aromatic N) is 2. The fourth-order valence-electron chi connectivity index (χ4n) is 2.70. The Morgan fingerprint density at radius 1 is 1.29 bits per heavy atom. The standard InChI is InChI=1S/C18H17F3N4O5S/c1-10-6-14-13(4-5-22-16(14)25-10)11-2-3-15(23-7-11)31(28,29)24-8-12(26)9-30-17(27)18(19,20)21/h2-7,12,24,26H,8-9H2,1H3,(H,22,25). The molecular formula is C18H17F3N4O5S. The smallest absolute Gasteiger partial charge is 0.456 e. The number of aliphatic hydroxyl groups is 1. The predicted octanol–water partition coefficient (Wildman–Crippen LogP) is 1.68. The molecule has 3 rings (SSSR count). The van der Waals surface area contributed by atoms with E-state index in [1.165, 1.54) is 12.3 Å². The maximum atomic E-state index is 12.3. The van der Waals surface area contributed by atoms with E-state index in [-0.39, 0.29) is 5.03 Å². The number of sulfonamides is 1. The lowest BCUT2D eigenvalue weighted by Gasteiger charge is -2.13. The van der Waals surface area contributed by atoms with Gasteiger partial charge in [-0.25, -0.2) is 27.9 Å². The van der Waals surface area contributed by atoms with Crippen LogP contribution in [0, 0.1) is 6.92 Å². The van der Waals surface area contributed by atoms with Gasteiger partial charge in [0.1, 0.15) is 18.4 Å². The van der Waals surface area contributed by atoms with E-state index in [1.807, 2.05) is 17.7 Å². The van der Waals surface area contributed by atoms with Gasteiger partial charge in [-0.2, -0.15) is 13.2 Å². The van der Waals surface area contributed by atoms with Crippen molar-refractivity contribution in [3.63, 3.8) is 0 Å². The normalized spacial score (nSPS) is 13.3. The molecule has 166 valence electrons. The molecule has 3 aromatic heterocycles. The number of hydrogen-bond acceptors (Lipinski definition) is 7. The molecule has 0 fully saturated rings. The van der Waals surface area contributed by atoms with Crippen molar-refractivity contribution in [1.82, 2.24) is 19.7 Å². The molecule has 0 amide bonds. The van der Waals surface area contributed by atoms with Crippen molar-refractivity contribution in [3.8, 4) is 11.1 Å². The average Bonchev–Trinajstić information content (AvgIpc) is 3.10. The first kappa shape index (κ1) is 22.7. The Morgan fingerprint density at radius 2 is 2.03 bits per heavy atom. The lowest BCUT2D eigenvalue weighted by molar-refractivity contribution is -0.201. The number of pyridine rings is 2. The van der Waals surface area contributed by atoms with Gasteiger partial charge in [0.05, 0.1) is 0 Å². The first-order valence-electron chi connectivity index (χ1n) is 8.80.